The van der Waals surface area contributed by atoms with Crippen molar-refractivity contribution in [3.05, 3.63) is 29.6 Å². The van der Waals surface area contributed by atoms with Crippen LogP contribution in [0, 0.1) is 18.2 Å². The van der Waals surface area contributed by atoms with Crippen molar-refractivity contribution in [2.45, 2.75) is 6.10 Å². The maximum absolute atomic E-state index is 13.2. The van der Waals surface area contributed by atoms with Crippen molar-refractivity contribution < 1.29 is 9.13 Å². The largest absolute Gasteiger partial charge is 0.488 e. The van der Waals surface area contributed by atoms with Crippen molar-refractivity contribution in [1.82, 2.24) is 5.32 Å². The highest BCUT2D eigenvalue weighted by molar-refractivity contribution is 5.85. The highest BCUT2D eigenvalue weighted by atomic mass is 35.5. The number of halogens is 2. The van der Waals surface area contributed by atoms with Gasteiger partial charge in [0.1, 0.15) is 17.7 Å². The van der Waals surface area contributed by atoms with Gasteiger partial charge in [0.2, 0.25) is 0 Å². The molecule has 1 saturated heterocycles. The molecule has 1 aromatic rings. The molecule has 0 radical (unpaired) electrons. The van der Waals surface area contributed by atoms with Crippen LogP contribution in [0.2, 0.25) is 0 Å². The molecule has 4 heteroatoms. The predicted octanol–water partition coefficient (Wildman–Crippen LogP) is 1.58. The van der Waals surface area contributed by atoms with Crippen LogP contribution in [0.3, 0.4) is 0 Å². The smallest absolute Gasteiger partial charge is 0.142 e. The zero-order valence-corrected chi connectivity index (χ0v) is 8.81. The monoisotopic (exact) mass is 227 g/mol. The first-order chi connectivity index (χ1) is 6.79. The van der Waals surface area contributed by atoms with E-state index in [2.05, 4.69) is 11.2 Å². The number of benzene rings is 1. The average molecular weight is 228 g/mol. The van der Waals surface area contributed by atoms with Gasteiger partial charge in [-0.3, -0.25) is 0 Å². The van der Waals surface area contributed by atoms with Crippen LogP contribution in [0.25, 0.3) is 0 Å². The van der Waals surface area contributed by atoms with Crippen LogP contribution in [0.15, 0.2) is 18.2 Å². The molecule has 0 amide bonds. The second kappa shape index (κ2) is 5.01. The minimum absolute atomic E-state index is 0. The lowest BCUT2D eigenvalue weighted by atomic mass is 10.2. The number of terminal acetylenes is 1. The van der Waals surface area contributed by atoms with Crippen molar-refractivity contribution in [2.75, 3.05) is 13.1 Å². The Bertz CT molecular complexity index is 385. The van der Waals surface area contributed by atoms with Crippen molar-refractivity contribution in [1.29, 1.82) is 0 Å². The minimum atomic E-state index is -0.405. The quantitative estimate of drug-likeness (QED) is 0.775. The van der Waals surface area contributed by atoms with Crippen molar-refractivity contribution >= 4 is 12.4 Å². The van der Waals surface area contributed by atoms with Gasteiger partial charge in [0.05, 0.1) is 5.56 Å². The summed E-state index contributed by atoms with van der Waals surface area (Å²) >= 11 is 0. The topological polar surface area (TPSA) is 21.3 Å². The van der Waals surface area contributed by atoms with Gasteiger partial charge >= 0.3 is 0 Å². The number of hydrogen-bond acceptors (Lipinski definition) is 2. The molecular formula is C11H11ClFNO. The van der Waals surface area contributed by atoms with Gasteiger partial charge in [0.15, 0.2) is 0 Å². The number of hydrogen-bond donors (Lipinski definition) is 1. The van der Waals surface area contributed by atoms with E-state index in [4.69, 9.17) is 11.2 Å². The van der Waals surface area contributed by atoms with Gasteiger partial charge in [0.25, 0.3) is 0 Å². The number of rotatable bonds is 2. The second-order valence-electron chi connectivity index (χ2n) is 3.18. The molecule has 0 saturated carbocycles. The average Bonchev–Trinajstić information content (AvgIpc) is 2.12. The molecule has 0 aliphatic carbocycles. The maximum atomic E-state index is 13.2. The van der Waals surface area contributed by atoms with Gasteiger partial charge in [-0.25, -0.2) is 4.39 Å². The van der Waals surface area contributed by atoms with Crippen LogP contribution in [0.1, 0.15) is 5.56 Å². The van der Waals surface area contributed by atoms with Gasteiger partial charge in [0, 0.05) is 19.2 Å². The van der Waals surface area contributed by atoms with Crippen LogP contribution in [0.4, 0.5) is 4.39 Å². The third-order valence-corrected chi connectivity index (χ3v) is 2.14. The fourth-order valence-corrected chi connectivity index (χ4v) is 1.22. The van der Waals surface area contributed by atoms with Crippen LogP contribution in [0.5, 0.6) is 5.75 Å². The Kier molecular flexibility index (Phi) is 3.96. The van der Waals surface area contributed by atoms with Gasteiger partial charge in [-0.1, -0.05) is 5.92 Å². The van der Waals surface area contributed by atoms with E-state index >= 15 is 0 Å². The Morgan fingerprint density at radius 2 is 2.20 bits per heavy atom. The zero-order chi connectivity index (χ0) is 9.97. The van der Waals surface area contributed by atoms with Crippen molar-refractivity contribution in [3.63, 3.8) is 0 Å². The molecule has 0 bridgehead atoms. The fraction of sp³-hybridized carbons (Fsp3) is 0.273. The summed E-state index contributed by atoms with van der Waals surface area (Å²) in [6.45, 7) is 1.64. The first kappa shape index (κ1) is 11.8. The second-order valence-corrected chi connectivity index (χ2v) is 3.18. The van der Waals surface area contributed by atoms with Crippen LogP contribution >= 0.6 is 12.4 Å². The number of nitrogens with one attached hydrogen (secondary N) is 1. The Labute approximate surface area is 94.2 Å². The molecule has 1 aliphatic rings. The third kappa shape index (κ3) is 2.62. The summed E-state index contributed by atoms with van der Waals surface area (Å²) in [5, 5.41) is 3.07. The first-order valence-corrected chi connectivity index (χ1v) is 4.43. The molecule has 0 aromatic heterocycles. The maximum Gasteiger partial charge on any atom is 0.142 e. The lowest BCUT2D eigenvalue weighted by molar-refractivity contribution is 0.142. The lowest BCUT2D eigenvalue weighted by Crippen LogP contribution is -2.50. The Hall–Kier alpha value is -1.24. The van der Waals surface area contributed by atoms with Gasteiger partial charge in [-0.15, -0.1) is 18.8 Å². The van der Waals surface area contributed by atoms with Gasteiger partial charge in [-0.2, -0.15) is 0 Å². The van der Waals surface area contributed by atoms with E-state index in [0.29, 0.717) is 5.75 Å². The molecular weight excluding hydrogens is 217 g/mol. The summed E-state index contributed by atoms with van der Waals surface area (Å²) in [5.41, 5.74) is 0.268. The standard InChI is InChI=1S/C11H10FNO.ClH/c1-2-8-3-4-9(5-11(8)12)14-10-6-13-7-10;/h1,3-5,10,13H,6-7H2;1H. The van der Waals surface area contributed by atoms with E-state index in [1.165, 1.54) is 6.07 Å². The molecule has 0 atom stereocenters. The van der Waals surface area contributed by atoms with E-state index in [-0.39, 0.29) is 24.1 Å². The molecule has 1 aromatic carbocycles. The Balaban J connectivity index is 0.00000112. The summed E-state index contributed by atoms with van der Waals surface area (Å²) in [6, 6.07) is 4.57. The molecule has 80 valence electrons. The third-order valence-electron chi connectivity index (χ3n) is 2.14. The molecule has 1 N–H and O–H groups in total. The molecule has 1 aliphatic heterocycles. The molecule has 2 rings (SSSR count). The molecule has 1 fully saturated rings. The zero-order valence-electron chi connectivity index (χ0n) is 8.00. The fourth-order valence-electron chi connectivity index (χ4n) is 1.22. The van der Waals surface area contributed by atoms with E-state index in [1.54, 1.807) is 12.1 Å². The SMILES string of the molecule is C#Cc1ccc(OC2CNC2)cc1F.Cl. The predicted molar refractivity (Wildman–Crippen MR) is 58.9 cm³/mol. The van der Waals surface area contributed by atoms with Gasteiger partial charge < -0.3 is 10.1 Å². The molecule has 0 unspecified atom stereocenters. The van der Waals surface area contributed by atoms with Crippen LogP contribution < -0.4 is 10.1 Å². The van der Waals surface area contributed by atoms with Gasteiger partial charge in [-0.05, 0) is 12.1 Å². The summed E-state index contributed by atoms with van der Waals surface area (Å²) in [5.74, 6) is 2.39. The highest BCUT2D eigenvalue weighted by Crippen LogP contribution is 2.18. The summed E-state index contributed by atoms with van der Waals surface area (Å²) in [7, 11) is 0. The number of ether oxygens (including phenoxy) is 1. The Morgan fingerprint density at radius 3 is 2.67 bits per heavy atom. The highest BCUT2D eigenvalue weighted by Gasteiger charge is 2.18. The van der Waals surface area contributed by atoms with Crippen molar-refractivity contribution in [2.24, 2.45) is 0 Å². The molecule has 15 heavy (non-hydrogen) atoms. The summed E-state index contributed by atoms with van der Waals surface area (Å²) in [6.07, 6.45) is 5.26. The van der Waals surface area contributed by atoms with Crippen molar-refractivity contribution in [3.8, 4) is 18.1 Å². The molecule has 1 heterocycles. The van der Waals surface area contributed by atoms with E-state index in [0.717, 1.165) is 13.1 Å². The van der Waals surface area contributed by atoms with E-state index in [9.17, 15) is 4.39 Å². The van der Waals surface area contributed by atoms with E-state index in [1.807, 2.05) is 0 Å². The summed E-state index contributed by atoms with van der Waals surface area (Å²) < 4.78 is 18.6. The summed E-state index contributed by atoms with van der Waals surface area (Å²) in [4.78, 5) is 0. The van der Waals surface area contributed by atoms with Crippen LogP contribution in [-0.4, -0.2) is 19.2 Å². The molecule has 2 nitrogen and oxygen atoms in total. The molecule has 0 spiro atoms. The van der Waals surface area contributed by atoms with Crippen LogP contribution in [-0.2, 0) is 0 Å². The first-order valence-electron chi connectivity index (χ1n) is 4.43. The van der Waals surface area contributed by atoms with E-state index < -0.39 is 5.82 Å². The lowest BCUT2D eigenvalue weighted by Gasteiger charge is -2.27. The normalized spacial score (nSPS) is 14.7. The Morgan fingerprint density at radius 1 is 1.47 bits per heavy atom. The minimum Gasteiger partial charge on any atom is -0.488 e.